The van der Waals surface area contributed by atoms with Gasteiger partial charge in [-0.25, -0.2) is 9.59 Å². The standard InChI is InChI=1S/C14H20N2O3S/c1-5-6-12(13(17)18)16-14(19)15-9(3)11-7-8(2)20-10(11)4/h5,7,9,12H,1,6H2,2-4H3,(H,17,18)(H2,15,16,19). The van der Waals surface area contributed by atoms with Crippen LogP contribution in [0.2, 0.25) is 0 Å². The molecule has 0 aliphatic heterocycles. The van der Waals surface area contributed by atoms with Crippen molar-refractivity contribution < 1.29 is 14.7 Å². The normalized spacial score (nSPS) is 13.3. The van der Waals surface area contributed by atoms with Gasteiger partial charge in [-0.15, -0.1) is 17.9 Å². The Morgan fingerprint density at radius 2 is 2.10 bits per heavy atom. The summed E-state index contributed by atoms with van der Waals surface area (Å²) in [5, 5.41) is 14.1. The predicted octanol–water partition coefficient (Wildman–Crippen LogP) is 2.75. The van der Waals surface area contributed by atoms with Gasteiger partial charge >= 0.3 is 12.0 Å². The number of rotatable bonds is 6. The first-order chi connectivity index (χ1) is 9.35. The number of aryl methyl sites for hydroxylation is 2. The van der Waals surface area contributed by atoms with E-state index in [1.807, 2.05) is 26.8 Å². The van der Waals surface area contributed by atoms with Gasteiger partial charge in [-0.1, -0.05) is 6.08 Å². The van der Waals surface area contributed by atoms with Crippen LogP contribution in [0.15, 0.2) is 18.7 Å². The lowest BCUT2D eigenvalue weighted by Gasteiger charge is -2.17. The molecule has 1 aromatic heterocycles. The third-order valence-corrected chi connectivity index (χ3v) is 3.88. The van der Waals surface area contributed by atoms with E-state index in [0.29, 0.717) is 0 Å². The first kappa shape index (κ1) is 16.2. The van der Waals surface area contributed by atoms with Gasteiger partial charge in [0.1, 0.15) is 6.04 Å². The highest BCUT2D eigenvalue weighted by molar-refractivity contribution is 7.12. The summed E-state index contributed by atoms with van der Waals surface area (Å²) in [5.74, 6) is -1.07. The van der Waals surface area contributed by atoms with E-state index >= 15 is 0 Å². The summed E-state index contributed by atoms with van der Waals surface area (Å²) in [6.45, 7) is 9.36. The molecule has 3 N–H and O–H groups in total. The molecular formula is C14H20N2O3S. The Hall–Kier alpha value is -1.82. The van der Waals surface area contributed by atoms with Gasteiger partial charge in [-0.05, 0) is 38.8 Å². The highest BCUT2D eigenvalue weighted by Gasteiger charge is 2.20. The van der Waals surface area contributed by atoms with Crippen LogP contribution < -0.4 is 10.6 Å². The second-order valence-corrected chi connectivity index (χ2v) is 6.08. The van der Waals surface area contributed by atoms with Crippen LogP contribution in [0.3, 0.4) is 0 Å². The smallest absolute Gasteiger partial charge is 0.326 e. The lowest BCUT2D eigenvalue weighted by atomic mass is 10.1. The van der Waals surface area contributed by atoms with Crippen molar-refractivity contribution in [1.82, 2.24) is 10.6 Å². The number of hydrogen-bond acceptors (Lipinski definition) is 3. The SMILES string of the molecule is C=CCC(NC(=O)NC(C)c1cc(C)sc1C)C(=O)O. The zero-order chi connectivity index (χ0) is 15.3. The first-order valence-electron chi connectivity index (χ1n) is 6.32. The molecule has 2 amide bonds. The molecule has 20 heavy (non-hydrogen) atoms. The Morgan fingerprint density at radius 1 is 1.45 bits per heavy atom. The largest absolute Gasteiger partial charge is 0.480 e. The maximum atomic E-state index is 11.8. The van der Waals surface area contributed by atoms with E-state index in [1.54, 1.807) is 11.3 Å². The molecule has 0 saturated carbocycles. The van der Waals surface area contributed by atoms with Crippen molar-refractivity contribution in [3.8, 4) is 0 Å². The average molecular weight is 296 g/mol. The number of urea groups is 1. The molecule has 1 heterocycles. The van der Waals surface area contributed by atoms with E-state index in [9.17, 15) is 9.59 Å². The molecule has 2 atom stereocenters. The third-order valence-electron chi connectivity index (χ3n) is 2.90. The van der Waals surface area contributed by atoms with Crippen molar-refractivity contribution in [3.63, 3.8) is 0 Å². The highest BCUT2D eigenvalue weighted by Crippen LogP contribution is 2.25. The van der Waals surface area contributed by atoms with Crippen LogP contribution in [0.25, 0.3) is 0 Å². The monoisotopic (exact) mass is 296 g/mol. The van der Waals surface area contributed by atoms with E-state index < -0.39 is 18.0 Å². The highest BCUT2D eigenvalue weighted by atomic mass is 32.1. The number of nitrogens with one attached hydrogen (secondary N) is 2. The van der Waals surface area contributed by atoms with Crippen molar-refractivity contribution in [3.05, 3.63) is 34.0 Å². The molecule has 0 spiro atoms. The number of thiophene rings is 1. The van der Waals surface area contributed by atoms with Crippen LogP contribution in [0, 0.1) is 13.8 Å². The van der Waals surface area contributed by atoms with Gasteiger partial charge in [0.15, 0.2) is 0 Å². The van der Waals surface area contributed by atoms with Gasteiger partial charge in [-0.3, -0.25) is 0 Å². The molecule has 6 heteroatoms. The van der Waals surface area contributed by atoms with Gasteiger partial charge < -0.3 is 15.7 Å². The van der Waals surface area contributed by atoms with E-state index in [2.05, 4.69) is 17.2 Å². The molecule has 2 unspecified atom stereocenters. The molecule has 1 rings (SSSR count). The Labute approximate surface area is 122 Å². The number of carbonyl (C=O) groups excluding carboxylic acids is 1. The lowest BCUT2D eigenvalue weighted by molar-refractivity contribution is -0.139. The summed E-state index contributed by atoms with van der Waals surface area (Å²) in [6.07, 6.45) is 1.66. The molecule has 0 bridgehead atoms. The topological polar surface area (TPSA) is 78.4 Å². The first-order valence-corrected chi connectivity index (χ1v) is 7.14. The number of carbonyl (C=O) groups is 2. The Balaban J connectivity index is 2.63. The van der Waals surface area contributed by atoms with Crippen LogP contribution in [0.5, 0.6) is 0 Å². The molecule has 0 radical (unpaired) electrons. The van der Waals surface area contributed by atoms with Gasteiger partial charge in [0, 0.05) is 9.75 Å². The minimum atomic E-state index is -1.07. The summed E-state index contributed by atoms with van der Waals surface area (Å²) in [4.78, 5) is 25.1. The summed E-state index contributed by atoms with van der Waals surface area (Å²) < 4.78 is 0. The van der Waals surface area contributed by atoms with E-state index in [-0.39, 0.29) is 12.5 Å². The molecule has 0 saturated heterocycles. The summed E-state index contributed by atoms with van der Waals surface area (Å²) in [6, 6.07) is 0.418. The van der Waals surface area contributed by atoms with Gasteiger partial charge in [0.2, 0.25) is 0 Å². The number of aliphatic carboxylic acids is 1. The van der Waals surface area contributed by atoms with Crippen molar-refractivity contribution in [1.29, 1.82) is 0 Å². The van der Waals surface area contributed by atoms with Crippen molar-refractivity contribution in [2.24, 2.45) is 0 Å². The third kappa shape index (κ3) is 4.38. The van der Waals surface area contributed by atoms with Crippen LogP contribution in [-0.2, 0) is 4.79 Å². The predicted molar refractivity (Wildman–Crippen MR) is 80.1 cm³/mol. The quantitative estimate of drug-likeness (QED) is 0.706. The van der Waals surface area contributed by atoms with Crippen LogP contribution in [0.4, 0.5) is 4.79 Å². The van der Waals surface area contributed by atoms with Crippen molar-refractivity contribution in [2.45, 2.75) is 39.3 Å². The molecule has 0 aromatic carbocycles. The zero-order valence-corrected chi connectivity index (χ0v) is 12.7. The molecular weight excluding hydrogens is 276 g/mol. The lowest BCUT2D eigenvalue weighted by Crippen LogP contribution is -2.46. The minimum absolute atomic E-state index is 0.168. The van der Waals surface area contributed by atoms with Crippen LogP contribution >= 0.6 is 11.3 Å². The van der Waals surface area contributed by atoms with E-state index in [4.69, 9.17) is 5.11 Å². The van der Waals surface area contributed by atoms with Crippen molar-refractivity contribution in [2.75, 3.05) is 0 Å². The second-order valence-electron chi connectivity index (χ2n) is 4.62. The zero-order valence-electron chi connectivity index (χ0n) is 11.9. The number of carboxylic acids is 1. The number of hydrogen-bond donors (Lipinski definition) is 3. The van der Waals surface area contributed by atoms with Gasteiger partial charge in [0.25, 0.3) is 0 Å². The maximum absolute atomic E-state index is 11.8. The second kappa shape index (κ2) is 7.09. The summed E-state index contributed by atoms with van der Waals surface area (Å²) >= 11 is 1.67. The van der Waals surface area contributed by atoms with E-state index in [1.165, 1.54) is 11.0 Å². The fourth-order valence-corrected chi connectivity index (χ4v) is 2.97. The summed E-state index contributed by atoms with van der Waals surface area (Å²) in [7, 11) is 0. The van der Waals surface area contributed by atoms with Crippen LogP contribution in [-0.4, -0.2) is 23.1 Å². The van der Waals surface area contributed by atoms with Gasteiger partial charge in [0.05, 0.1) is 6.04 Å². The Bertz CT molecular complexity index is 511. The Morgan fingerprint density at radius 3 is 2.55 bits per heavy atom. The minimum Gasteiger partial charge on any atom is -0.480 e. The molecule has 0 aliphatic rings. The maximum Gasteiger partial charge on any atom is 0.326 e. The summed E-state index contributed by atoms with van der Waals surface area (Å²) in [5.41, 5.74) is 1.05. The van der Waals surface area contributed by atoms with Gasteiger partial charge in [-0.2, -0.15) is 0 Å². The number of amides is 2. The molecule has 0 aliphatic carbocycles. The molecule has 5 nitrogen and oxygen atoms in total. The van der Waals surface area contributed by atoms with E-state index in [0.717, 1.165) is 10.4 Å². The van der Waals surface area contributed by atoms with Crippen LogP contribution in [0.1, 0.15) is 34.7 Å². The fraction of sp³-hybridized carbons (Fsp3) is 0.429. The number of carboxylic acid groups (broad SMARTS) is 1. The fourth-order valence-electron chi connectivity index (χ4n) is 1.94. The Kier molecular flexibility index (Phi) is 5.76. The average Bonchev–Trinajstić information content (AvgIpc) is 2.67. The van der Waals surface area contributed by atoms with Crippen molar-refractivity contribution >= 4 is 23.3 Å². The molecule has 1 aromatic rings. The molecule has 110 valence electrons. The molecule has 0 fully saturated rings.